The van der Waals surface area contributed by atoms with Crippen LogP contribution in [0.5, 0.6) is 0 Å². The molecule has 0 spiro atoms. The molecule has 2 aliphatic rings. The Bertz CT molecular complexity index is 217. The summed E-state index contributed by atoms with van der Waals surface area (Å²) in [5.41, 5.74) is 0. The molecule has 3 heteroatoms. The zero-order valence-corrected chi connectivity index (χ0v) is 12.0. The first-order valence-electron chi connectivity index (χ1n) is 7.83. The molecule has 1 saturated heterocycles. The van der Waals surface area contributed by atoms with Crippen LogP contribution in [-0.4, -0.2) is 50.8 Å². The topological polar surface area (TPSA) is 24.5 Å². The van der Waals surface area contributed by atoms with Gasteiger partial charge in [0, 0.05) is 19.7 Å². The Labute approximate surface area is 112 Å². The first-order valence-corrected chi connectivity index (χ1v) is 7.83. The molecule has 0 aromatic heterocycles. The van der Waals surface area contributed by atoms with Crippen LogP contribution in [0, 0.1) is 5.92 Å². The molecule has 2 rings (SSSR count). The molecule has 1 saturated carbocycles. The van der Waals surface area contributed by atoms with Gasteiger partial charge in [-0.2, -0.15) is 0 Å². The number of rotatable bonds is 7. The Morgan fingerprint density at radius 3 is 2.78 bits per heavy atom. The van der Waals surface area contributed by atoms with E-state index in [4.69, 9.17) is 4.74 Å². The summed E-state index contributed by atoms with van der Waals surface area (Å²) in [5, 5.41) is 3.73. The van der Waals surface area contributed by atoms with Gasteiger partial charge >= 0.3 is 0 Å². The first kappa shape index (κ1) is 14.3. The number of hydrogen-bond donors (Lipinski definition) is 1. The molecule has 2 fully saturated rings. The van der Waals surface area contributed by atoms with Crippen molar-refractivity contribution in [1.82, 2.24) is 10.2 Å². The summed E-state index contributed by atoms with van der Waals surface area (Å²) in [5.74, 6) is 0.779. The summed E-state index contributed by atoms with van der Waals surface area (Å²) >= 11 is 0. The lowest BCUT2D eigenvalue weighted by Gasteiger charge is -2.23. The second-order valence-corrected chi connectivity index (χ2v) is 6.05. The molecule has 1 heterocycles. The van der Waals surface area contributed by atoms with Crippen molar-refractivity contribution in [3.63, 3.8) is 0 Å². The van der Waals surface area contributed by atoms with E-state index in [1.807, 2.05) is 7.11 Å². The van der Waals surface area contributed by atoms with E-state index >= 15 is 0 Å². The van der Waals surface area contributed by atoms with Gasteiger partial charge in [-0.15, -0.1) is 0 Å². The average molecular weight is 254 g/mol. The number of hydrogen-bond acceptors (Lipinski definition) is 3. The molecule has 0 bridgehead atoms. The lowest BCUT2D eigenvalue weighted by molar-refractivity contribution is 0.153. The van der Waals surface area contributed by atoms with Crippen LogP contribution in [0.25, 0.3) is 0 Å². The van der Waals surface area contributed by atoms with E-state index in [1.165, 1.54) is 71.1 Å². The molecule has 0 amide bonds. The highest BCUT2D eigenvalue weighted by Gasteiger charge is 2.21. The Morgan fingerprint density at radius 2 is 2.00 bits per heavy atom. The van der Waals surface area contributed by atoms with Gasteiger partial charge in [-0.25, -0.2) is 0 Å². The van der Waals surface area contributed by atoms with Gasteiger partial charge in [0.2, 0.25) is 0 Å². The maximum Gasteiger partial charge on any atom is 0.0503 e. The van der Waals surface area contributed by atoms with Gasteiger partial charge in [0.05, 0.1) is 6.61 Å². The summed E-state index contributed by atoms with van der Waals surface area (Å²) in [4.78, 5) is 2.60. The van der Waals surface area contributed by atoms with E-state index in [9.17, 15) is 0 Å². The van der Waals surface area contributed by atoms with Crippen LogP contribution in [0.3, 0.4) is 0 Å². The fraction of sp³-hybridized carbons (Fsp3) is 1.00. The summed E-state index contributed by atoms with van der Waals surface area (Å²) in [6, 6.07) is 0.818. The Balaban J connectivity index is 1.48. The third kappa shape index (κ3) is 4.87. The first-order chi connectivity index (χ1) is 8.88. The van der Waals surface area contributed by atoms with Crippen LogP contribution in [-0.2, 0) is 4.74 Å². The predicted molar refractivity (Wildman–Crippen MR) is 75.9 cm³/mol. The minimum Gasteiger partial charge on any atom is -0.384 e. The van der Waals surface area contributed by atoms with Gasteiger partial charge < -0.3 is 15.0 Å². The molecule has 0 radical (unpaired) electrons. The normalized spacial score (nSPS) is 26.8. The number of ether oxygens (including phenoxy) is 1. The Kier molecular flexibility index (Phi) is 6.46. The van der Waals surface area contributed by atoms with E-state index in [0.29, 0.717) is 0 Å². The van der Waals surface area contributed by atoms with Gasteiger partial charge in [-0.05, 0) is 51.2 Å². The van der Waals surface area contributed by atoms with Crippen LogP contribution in [0.1, 0.15) is 44.9 Å². The van der Waals surface area contributed by atoms with E-state index in [-0.39, 0.29) is 0 Å². The van der Waals surface area contributed by atoms with Crippen molar-refractivity contribution in [2.24, 2.45) is 5.92 Å². The van der Waals surface area contributed by atoms with Crippen molar-refractivity contribution in [2.45, 2.75) is 51.0 Å². The number of methoxy groups -OCH3 is 1. The fourth-order valence-electron chi connectivity index (χ4n) is 3.40. The molecule has 18 heavy (non-hydrogen) atoms. The highest BCUT2D eigenvalue weighted by atomic mass is 16.5. The van der Waals surface area contributed by atoms with E-state index in [1.54, 1.807) is 0 Å². The van der Waals surface area contributed by atoms with Crippen molar-refractivity contribution in [1.29, 1.82) is 0 Å². The zero-order valence-electron chi connectivity index (χ0n) is 12.0. The standard InChI is InChI=1S/C15H30N2O/c1-18-13-14-8-11-17(12-14)10-5-9-16-15-6-3-2-4-7-15/h14-16H,2-13H2,1H3. The SMILES string of the molecule is COCC1CCN(CCCNC2CCCCC2)C1. The Hall–Kier alpha value is -0.120. The van der Waals surface area contributed by atoms with Crippen LogP contribution in [0.2, 0.25) is 0 Å². The number of likely N-dealkylation sites (tertiary alicyclic amines) is 1. The third-order valence-corrected chi connectivity index (χ3v) is 4.46. The molecule has 1 N–H and O–H groups in total. The molecule has 1 aliphatic carbocycles. The molecular weight excluding hydrogens is 224 g/mol. The third-order valence-electron chi connectivity index (χ3n) is 4.46. The molecule has 106 valence electrons. The summed E-state index contributed by atoms with van der Waals surface area (Å²) in [6.45, 7) is 5.93. The molecule has 1 aliphatic heterocycles. The minimum atomic E-state index is 0.779. The van der Waals surface area contributed by atoms with Gasteiger partial charge in [0.1, 0.15) is 0 Å². The van der Waals surface area contributed by atoms with Gasteiger partial charge in [-0.1, -0.05) is 19.3 Å². The Morgan fingerprint density at radius 1 is 1.17 bits per heavy atom. The fourth-order valence-corrected chi connectivity index (χ4v) is 3.40. The number of nitrogens with zero attached hydrogens (tertiary/aromatic N) is 1. The summed E-state index contributed by atoms with van der Waals surface area (Å²) in [6.07, 6.45) is 9.75. The second kappa shape index (κ2) is 8.13. The van der Waals surface area contributed by atoms with Gasteiger partial charge in [0.25, 0.3) is 0 Å². The highest BCUT2D eigenvalue weighted by Crippen LogP contribution is 2.18. The van der Waals surface area contributed by atoms with Crippen LogP contribution < -0.4 is 5.32 Å². The molecular formula is C15H30N2O. The van der Waals surface area contributed by atoms with Crippen molar-refractivity contribution in [3.8, 4) is 0 Å². The van der Waals surface area contributed by atoms with E-state index < -0.39 is 0 Å². The minimum absolute atomic E-state index is 0.779. The van der Waals surface area contributed by atoms with E-state index in [2.05, 4.69) is 10.2 Å². The lowest BCUT2D eigenvalue weighted by atomic mass is 9.95. The largest absolute Gasteiger partial charge is 0.384 e. The molecule has 0 aromatic rings. The monoisotopic (exact) mass is 254 g/mol. The second-order valence-electron chi connectivity index (χ2n) is 6.05. The maximum absolute atomic E-state index is 5.24. The van der Waals surface area contributed by atoms with Crippen molar-refractivity contribution in [2.75, 3.05) is 39.9 Å². The average Bonchev–Trinajstić information content (AvgIpc) is 2.84. The van der Waals surface area contributed by atoms with Crippen molar-refractivity contribution in [3.05, 3.63) is 0 Å². The summed E-state index contributed by atoms with van der Waals surface area (Å²) in [7, 11) is 1.82. The highest BCUT2D eigenvalue weighted by molar-refractivity contribution is 4.76. The summed E-state index contributed by atoms with van der Waals surface area (Å²) < 4.78 is 5.24. The predicted octanol–water partition coefficient (Wildman–Crippen LogP) is 2.27. The zero-order chi connectivity index (χ0) is 12.6. The van der Waals surface area contributed by atoms with Gasteiger partial charge in [-0.3, -0.25) is 0 Å². The van der Waals surface area contributed by atoms with E-state index in [0.717, 1.165) is 18.6 Å². The van der Waals surface area contributed by atoms with Crippen LogP contribution >= 0.6 is 0 Å². The number of nitrogens with one attached hydrogen (secondary N) is 1. The van der Waals surface area contributed by atoms with Crippen LogP contribution in [0.4, 0.5) is 0 Å². The maximum atomic E-state index is 5.24. The van der Waals surface area contributed by atoms with Gasteiger partial charge in [0.15, 0.2) is 0 Å². The molecule has 0 aromatic carbocycles. The van der Waals surface area contributed by atoms with Crippen LogP contribution in [0.15, 0.2) is 0 Å². The smallest absolute Gasteiger partial charge is 0.0503 e. The molecule has 3 nitrogen and oxygen atoms in total. The van der Waals surface area contributed by atoms with Crippen molar-refractivity contribution < 1.29 is 4.74 Å². The van der Waals surface area contributed by atoms with Crippen molar-refractivity contribution >= 4 is 0 Å². The molecule has 1 atom stereocenters. The lowest BCUT2D eigenvalue weighted by Crippen LogP contribution is -2.33. The quantitative estimate of drug-likeness (QED) is 0.705. The molecule has 1 unspecified atom stereocenters.